The van der Waals surface area contributed by atoms with Gasteiger partial charge in [-0.05, 0) is 36.8 Å². The Balaban J connectivity index is 2.07. The summed E-state index contributed by atoms with van der Waals surface area (Å²) in [5, 5.41) is 3.55. The molecule has 1 N–H and O–H groups in total. The van der Waals surface area contributed by atoms with E-state index in [9.17, 15) is 0 Å². The van der Waals surface area contributed by atoms with Gasteiger partial charge in [-0.2, -0.15) is 0 Å². The Hall–Kier alpha value is -1.02. The summed E-state index contributed by atoms with van der Waals surface area (Å²) in [7, 11) is 1.75. The summed E-state index contributed by atoms with van der Waals surface area (Å²) in [5.41, 5.74) is 2.70. The molecule has 1 aliphatic rings. The molecule has 0 radical (unpaired) electrons. The standard InChI is InChI=1S/C15H23NO/c1-11(2)8-12-4-7-15(17-3)13(9-12)10-16-14-5-6-14/h4,7,9,11,14,16H,5-6,8,10H2,1-3H3. The van der Waals surface area contributed by atoms with Crippen molar-refractivity contribution in [3.63, 3.8) is 0 Å². The van der Waals surface area contributed by atoms with Crippen molar-refractivity contribution in [2.75, 3.05) is 7.11 Å². The van der Waals surface area contributed by atoms with E-state index in [1.54, 1.807) is 7.11 Å². The SMILES string of the molecule is COc1ccc(CC(C)C)cc1CNC1CC1. The summed E-state index contributed by atoms with van der Waals surface area (Å²) in [5.74, 6) is 1.71. The highest BCUT2D eigenvalue weighted by atomic mass is 16.5. The fourth-order valence-corrected chi connectivity index (χ4v) is 2.11. The average molecular weight is 233 g/mol. The van der Waals surface area contributed by atoms with Gasteiger partial charge in [0.15, 0.2) is 0 Å². The van der Waals surface area contributed by atoms with Crippen molar-refractivity contribution in [2.24, 2.45) is 5.92 Å². The van der Waals surface area contributed by atoms with Crippen LogP contribution in [0.15, 0.2) is 18.2 Å². The maximum Gasteiger partial charge on any atom is 0.123 e. The second-order valence-corrected chi connectivity index (χ2v) is 5.40. The lowest BCUT2D eigenvalue weighted by atomic mass is 10.0. The van der Waals surface area contributed by atoms with Crippen molar-refractivity contribution in [1.29, 1.82) is 0 Å². The zero-order valence-electron chi connectivity index (χ0n) is 11.1. The van der Waals surface area contributed by atoms with Gasteiger partial charge in [-0.1, -0.05) is 26.0 Å². The molecular formula is C15H23NO. The van der Waals surface area contributed by atoms with Crippen LogP contribution in [0.1, 0.15) is 37.8 Å². The van der Waals surface area contributed by atoms with Crippen molar-refractivity contribution in [2.45, 2.75) is 45.7 Å². The molecular weight excluding hydrogens is 210 g/mol. The average Bonchev–Trinajstić information content (AvgIpc) is 3.09. The van der Waals surface area contributed by atoms with Gasteiger partial charge in [-0.15, -0.1) is 0 Å². The molecule has 2 nitrogen and oxygen atoms in total. The second-order valence-electron chi connectivity index (χ2n) is 5.40. The van der Waals surface area contributed by atoms with Crippen LogP contribution in [-0.2, 0) is 13.0 Å². The van der Waals surface area contributed by atoms with Crippen molar-refractivity contribution in [3.05, 3.63) is 29.3 Å². The number of rotatable bonds is 6. The lowest BCUT2D eigenvalue weighted by Crippen LogP contribution is -2.16. The highest BCUT2D eigenvalue weighted by molar-refractivity contribution is 5.37. The van der Waals surface area contributed by atoms with Crippen LogP contribution in [0.4, 0.5) is 0 Å². The predicted octanol–water partition coefficient (Wildman–Crippen LogP) is 3.15. The maximum absolute atomic E-state index is 5.42. The van der Waals surface area contributed by atoms with Crippen LogP contribution in [0.25, 0.3) is 0 Å². The molecule has 1 saturated carbocycles. The van der Waals surface area contributed by atoms with Gasteiger partial charge in [0.2, 0.25) is 0 Å². The molecule has 0 bridgehead atoms. The lowest BCUT2D eigenvalue weighted by Gasteiger charge is -2.12. The van der Waals surface area contributed by atoms with E-state index in [-0.39, 0.29) is 0 Å². The molecule has 94 valence electrons. The van der Waals surface area contributed by atoms with Crippen LogP contribution in [0.2, 0.25) is 0 Å². The zero-order chi connectivity index (χ0) is 12.3. The van der Waals surface area contributed by atoms with Crippen molar-refractivity contribution in [3.8, 4) is 5.75 Å². The maximum atomic E-state index is 5.42. The van der Waals surface area contributed by atoms with E-state index in [0.29, 0.717) is 5.92 Å². The molecule has 1 aromatic rings. The van der Waals surface area contributed by atoms with Gasteiger partial charge in [0.1, 0.15) is 5.75 Å². The number of methoxy groups -OCH3 is 1. The Kier molecular flexibility index (Phi) is 4.06. The Morgan fingerprint density at radius 3 is 2.71 bits per heavy atom. The summed E-state index contributed by atoms with van der Waals surface area (Å²) in [6, 6.07) is 7.31. The van der Waals surface area contributed by atoms with Crippen LogP contribution < -0.4 is 10.1 Å². The normalized spacial score (nSPS) is 15.3. The molecule has 2 rings (SSSR count). The smallest absolute Gasteiger partial charge is 0.123 e. The van der Waals surface area contributed by atoms with Crippen LogP contribution in [0, 0.1) is 5.92 Å². The van der Waals surface area contributed by atoms with Crippen LogP contribution in [0.5, 0.6) is 5.75 Å². The fraction of sp³-hybridized carbons (Fsp3) is 0.600. The Bertz CT molecular complexity index is 369. The molecule has 0 saturated heterocycles. The highest BCUT2D eigenvalue weighted by Gasteiger charge is 2.20. The van der Waals surface area contributed by atoms with E-state index in [1.807, 2.05) is 0 Å². The first-order valence-electron chi connectivity index (χ1n) is 6.58. The van der Waals surface area contributed by atoms with Crippen LogP contribution in [0.3, 0.4) is 0 Å². The first-order chi connectivity index (χ1) is 8.19. The van der Waals surface area contributed by atoms with Crippen molar-refractivity contribution < 1.29 is 4.74 Å². The molecule has 1 aliphatic carbocycles. The summed E-state index contributed by atoms with van der Waals surface area (Å²) in [4.78, 5) is 0. The molecule has 2 heteroatoms. The summed E-state index contributed by atoms with van der Waals surface area (Å²) < 4.78 is 5.42. The van der Waals surface area contributed by atoms with E-state index in [2.05, 4.69) is 37.4 Å². The molecule has 0 amide bonds. The molecule has 0 unspecified atom stereocenters. The lowest BCUT2D eigenvalue weighted by molar-refractivity contribution is 0.407. The molecule has 1 aromatic carbocycles. The van der Waals surface area contributed by atoms with Crippen LogP contribution >= 0.6 is 0 Å². The van der Waals surface area contributed by atoms with Gasteiger partial charge in [0, 0.05) is 18.2 Å². The third-order valence-corrected chi connectivity index (χ3v) is 3.15. The summed E-state index contributed by atoms with van der Waals surface area (Å²) in [6.07, 6.45) is 3.79. The van der Waals surface area contributed by atoms with E-state index < -0.39 is 0 Å². The fourth-order valence-electron chi connectivity index (χ4n) is 2.11. The first kappa shape index (κ1) is 12.4. The Morgan fingerprint density at radius 1 is 1.35 bits per heavy atom. The van der Waals surface area contributed by atoms with E-state index in [0.717, 1.165) is 24.8 Å². The number of ether oxygens (including phenoxy) is 1. The van der Waals surface area contributed by atoms with E-state index in [1.165, 1.54) is 24.0 Å². The number of nitrogens with one attached hydrogen (secondary N) is 1. The van der Waals surface area contributed by atoms with Gasteiger partial charge in [0.05, 0.1) is 7.11 Å². The number of hydrogen-bond acceptors (Lipinski definition) is 2. The van der Waals surface area contributed by atoms with Crippen LogP contribution in [-0.4, -0.2) is 13.2 Å². The molecule has 0 atom stereocenters. The third kappa shape index (κ3) is 3.74. The predicted molar refractivity (Wildman–Crippen MR) is 71.4 cm³/mol. The van der Waals surface area contributed by atoms with Gasteiger partial charge in [0.25, 0.3) is 0 Å². The minimum atomic E-state index is 0.702. The second kappa shape index (κ2) is 5.54. The van der Waals surface area contributed by atoms with Gasteiger partial charge in [-0.3, -0.25) is 0 Å². The quantitative estimate of drug-likeness (QED) is 0.815. The molecule has 0 heterocycles. The topological polar surface area (TPSA) is 21.3 Å². The Morgan fingerprint density at radius 2 is 2.12 bits per heavy atom. The summed E-state index contributed by atoms with van der Waals surface area (Å²) >= 11 is 0. The monoisotopic (exact) mass is 233 g/mol. The summed E-state index contributed by atoms with van der Waals surface area (Å²) in [6.45, 7) is 5.44. The minimum Gasteiger partial charge on any atom is -0.496 e. The third-order valence-electron chi connectivity index (χ3n) is 3.15. The van der Waals surface area contributed by atoms with Crippen molar-refractivity contribution >= 4 is 0 Å². The molecule has 17 heavy (non-hydrogen) atoms. The minimum absolute atomic E-state index is 0.702. The van der Waals surface area contributed by atoms with Gasteiger partial charge >= 0.3 is 0 Å². The van der Waals surface area contributed by atoms with E-state index >= 15 is 0 Å². The number of benzene rings is 1. The molecule has 0 aliphatic heterocycles. The number of hydrogen-bond donors (Lipinski definition) is 1. The Labute approximate surface area is 104 Å². The van der Waals surface area contributed by atoms with Gasteiger partial charge < -0.3 is 10.1 Å². The van der Waals surface area contributed by atoms with Gasteiger partial charge in [-0.25, -0.2) is 0 Å². The largest absolute Gasteiger partial charge is 0.496 e. The van der Waals surface area contributed by atoms with Crippen molar-refractivity contribution in [1.82, 2.24) is 5.32 Å². The molecule has 1 fully saturated rings. The zero-order valence-corrected chi connectivity index (χ0v) is 11.1. The molecule has 0 spiro atoms. The first-order valence-corrected chi connectivity index (χ1v) is 6.58. The molecule has 0 aromatic heterocycles. The highest BCUT2D eigenvalue weighted by Crippen LogP contribution is 2.24. The van der Waals surface area contributed by atoms with E-state index in [4.69, 9.17) is 4.74 Å².